The van der Waals surface area contributed by atoms with Gasteiger partial charge in [-0.1, -0.05) is 0 Å². The highest BCUT2D eigenvalue weighted by Crippen LogP contribution is 2.15. The van der Waals surface area contributed by atoms with Crippen LogP contribution in [0.4, 0.5) is 14.5 Å². The van der Waals surface area contributed by atoms with Crippen LogP contribution in [0.1, 0.15) is 5.82 Å². The quantitative estimate of drug-likeness (QED) is 0.780. The zero-order valence-corrected chi connectivity index (χ0v) is 10.9. The molecule has 0 aliphatic rings. The topological polar surface area (TPSA) is 57.8 Å². The number of nitrogens with zero attached hydrogens (tertiary/aromatic N) is 1. The van der Waals surface area contributed by atoms with Crippen LogP contribution in [-0.4, -0.2) is 9.97 Å². The molecule has 7 heteroatoms. The Hall–Kier alpha value is -2.28. The van der Waals surface area contributed by atoms with Crippen LogP contribution in [0.5, 0.6) is 0 Å². The van der Waals surface area contributed by atoms with Gasteiger partial charge in [0.1, 0.15) is 10.5 Å². The minimum atomic E-state index is -0.926. The summed E-state index contributed by atoms with van der Waals surface area (Å²) in [6, 6.07) is 5.27. The Morgan fingerprint density at radius 2 is 2.10 bits per heavy atom. The standard InChI is InChI=1S/C13H9F2N3OS/c14-8-2-1-7(5-9(8)15)16-6-11-17-10-3-4-20-12(10)13(19)18-11/h1-5,16H,6H2,(H,17,18,19). The molecule has 0 aliphatic carbocycles. The van der Waals surface area contributed by atoms with Crippen molar-refractivity contribution in [3.63, 3.8) is 0 Å². The summed E-state index contributed by atoms with van der Waals surface area (Å²) >= 11 is 1.32. The van der Waals surface area contributed by atoms with E-state index in [1.807, 2.05) is 0 Å². The molecule has 0 amide bonds. The Morgan fingerprint density at radius 1 is 1.25 bits per heavy atom. The van der Waals surface area contributed by atoms with Gasteiger partial charge in [0.15, 0.2) is 11.6 Å². The van der Waals surface area contributed by atoms with Crippen molar-refractivity contribution in [3.8, 4) is 0 Å². The molecular formula is C13H9F2N3OS. The van der Waals surface area contributed by atoms with Crippen LogP contribution in [0.2, 0.25) is 0 Å². The summed E-state index contributed by atoms with van der Waals surface area (Å²) in [4.78, 5) is 18.7. The van der Waals surface area contributed by atoms with E-state index in [0.29, 0.717) is 21.7 Å². The Bertz CT molecular complexity index is 828. The van der Waals surface area contributed by atoms with Gasteiger partial charge in [0.05, 0.1) is 12.1 Å². The average Bonchev–Trinajstić information content (AvgIpc) is 2.89. The van der Waals surface area contributed by atoms with Crippen LogP contribution in [0, 0.1) is 11.6 Å². The van der Waals surface area contributed by atoms with Crippen LogP contribution in [0.3, 0.4) is 0 Å². The van der Waals surface area contributed by atoms with E-state index >= 15 is 0 Å². The number of hydrogen-bond acceptors (Lipinski definition) is 4. The van der Waals surface area contributed by atoms with E-state index in [-0.39, 0.29) is 12.1 Å². The Balaban J connectivity index is 1.82. The van der Waals surface area contributed by atoms with E-state index < -0.39 is 11.6 Å². The van der Waals surface area contributed by atoms with E-state index in [0.717, 1.165) is 12.1 Å². The highest BCUT2D eigenvalue weighted by atomic mass is 32.1. The maximum absolute atomic E-state index is 13.0. The second-order valence-corrected chi connectivity index (χ2v) is 5.05. The molecule has 0 saturated carbocycles. The van der Waals surface area contributed by atoms with E-state index in [2.05, 4.69) is 15.3 Å². The maximum atomic E-state index is 13.0. The molecule has 0 bridgehead atoms. The predicted octanol–water partition coefficient (Wildman–Crippen LogP) is 2.87. The number of benzene rings is 1. The van der Waals surface area contributed by atoms with Gasteiger partial charge >= 0.3 is 0 Å². The minimum Gasteiger partial charge on any atom is -0.378 e. The number of H-pyrrole nitrogens is 1. The number of aromatic amines is 1. The molecule has 0 radical (unpaired) electrons. The zero-order valence-electron chi connectivity index (χ0n) is 10.1. The summed E-state index contributed by atoms with van der Waals surface area (Å²) in [5.74, 6) is -1.39. The molecule has 1 aromatic carbocycles. The molecule has 2 aromatic heterocycles. The van der Waals surface area contributed by atoms with Gasteiger partial charge in [0.2, 0.25) is 0 Å². The lowest BCUT2D eigenvalue weighted by Gasteiger charge is -2.06. The molecule has 0 fully saturated rings. The molecule has 20 heavy (non-hydrogen) atoms. The van der Waals surface area contributed by atoms with E-state index in [4.69, 9.17) is 0 Å². The van der Waals surface area contributed by atoms with Crippen LogP contribution in [0.25, 0.3) is 10.2 Å². The van der Waals surface area contributed by atoms with Crippen LogP contribution in [0.15, 0.2) is 34.4 Å². The van der Waals surface area contributed by atoms with Gasteiger partial charge in [-0.3, -0.25) is 4.79 Å². The minimum absolute atomic E-state index is 0.202. The number of thiophene rings is 1. The lowest BCUT2D eigenvalue weighted by molar-refractivity contribution is 0.509. The van der Waals surface area contributed by atoms with Gasteiger partial charge in [-0.15, -0.1) is 11.3 Å². The number of fused-ring (bicyclic) bond motifs is 1. The molecule has 3 aromatic rings. The highest BCUT2D eigenvalue weighted by Gasteiger charge is 2.06. The first-order valence-electron chi connectivity index (χ1n) is 5.79. The molecule has 0 atom stereocenters. The van der Waals surface area contributed by atoms with Crippen LogP contribution < -0.4 is 10.9 Å². The molecular weight excluding hydrogens is 284 g/mol. The van der Waals surface area contributed by atoms with Gasteiger partial charge in [-0.2, -0.15) is 0 Å². The monoisotopic (exact) mass is 293 g/mol. The van der Waals surface area contributed by atoms with Gasteiger partial charge in [0, 0.05) is 11.8 Å². The normalized spacial score (nSPS) is 10.9. The van der Waals surface area contributed by atoms with Gasteiger partial charge < -0.3 is 10.3 Å². The average molecular weight is 293 g/mol. The highest BCUT2D eigenvalue weighted by molar-refractivity contribution is 7.17. The summed E-state index contributed by atoms with van der Waals surface area (Å²) < 4.78 is 26.4. The first-order chi connectivity index (χ1) is 9.63. The Kier molecular flexibility index (Phi) is 3.19. The van der Waals surface area contributed by atoms with Crippen LogP contribution in [-0.2, 0) is 6.54 Å². The lowest BCUT2D eigenvalue weighted by Crippen LogP contribution is -2.13. The summed E-state index contributed by atoms with van der Waals surface area (Å²) in [5, 5.41) is 4.67. The fourth-order valence-electron chi connectivity index (χ4n) is 1.80. The first-order valence-corrected chi connectivity index (χ1v) is 6.67. The molecule has 0 aliphatic heterocycles. The van der Waals surface area contributed by atoms with E-state index in [1.165, 1.54) is 17.4 Å². The second-order valence-electron chi connectivity index (χ2n) is 4.13. The van der Waals surface area contributed by atoms with Crippen molar-refractivity contribution in [2.45, 2.75) is 6.54 Å². The number of hydrogen-bond donors (Lipinski definition) is 2. The number of halogens is 2. The van der Waals surface area contributed by atoms with Crippen molar-refractivity contribution in [1.82, 2.24) is 9.97 Å². The number of anilines is 1. The van der Waals surface area contributed by atoms with Crippen molar-refractivity contribution >= 4 is 27.2 Å². The molecule has 102 valence electrons. The molecule has 2 heterocycles. The third-order valence-corrected chi connectivity index (χ3v) is 3.65. The molecule has 0 unspecified atom stereocenters. The van der Waals surface area contributed by atoms with Crippen LogP contribution >= 0.6 is 11.3 Å². The first kappa shape index (κ1) is 12.7. The number of nitrogens with one attached hydrogen (secondary N) is 2. The van der Waals surface area contributed by atoms with Crippen molar-refractivity contribution in [1.29, 1.82) is 0 Å². The van der Waals surface area contributed by atoms with Gasteiger partial charge in [0.25, 0.3) is 5.56 Å². The van der Waals surface area contributed by atoms with Gasteiger partial charge in [-0.25, -0.2) is 13.8 Å². The van der Waals surface area contributed by atoms with E-state index in [1.54, 1.807) is 11.4 Å². The fourth-order valence-corrected chi connectivity index (χ4v) is 2.52. The largest absolute Gasteiger partial charge is 0.378 e. The lowest BCUT2D eigenvalue weighted by atomic mass is 10.3. The third kappa shape index (κ3) is 2.39. The summed E-state index contributed by atoms with van der Waals surface area (Å²) in [5.41, 5.74) is 0.838. The fraction of sp³-hybridized carbons (Fsp3) is 0.0769. The summed E-state index contributed by atoms with van der Waals surface area (Å²) in [6.45, 7) is 0.214. The maximum Gasteiger partial charge on any atom is 0.268 e. The second kappa shape index (κ2) is 5.01. The van der Waals surface area contributed by atoms with Crippen molar-refractivity contribution in [2.75, 3.05) is 5.32 Å². The predicted molar refractivity (Wildman–Crippen MR) is 73.9 cm³/mol. The molecule has 0 saturated heterocycles. The number of rotatable bonds is 3. The Labute approximate surface area is 116 Å². The van der Waals surface area contributed by atoms with Crippen molar-refractivity contribution in [3.05, 3.63) is 57.5 Å². The molecule has 2 N–H and O–H groups in total. The van der Waals surface area contributed by atoms with Crippen molar-refractivity contribution in [2.24, 2.45) is 0 Å². The van der Waals surface area contributed by atoms with E-state index in [9.17, 15) is 13.6 Å². The third-order valence-electron chi connectivity index (χ3n) is 2.74. The number of aromatic nitrogens is 2. The smallest absolute Gasteiger partial charge is 0.268 e. The van der Waals surface area contributed by atoms with Gasteiger partial charge in [-0.05, 0) is 23.6 Å². The summed E-state index contributed by atoms with van der Waals surface area (Å²) in [7, 11) is 0. The SMILES string of the molecule is O=c1[nH]c(CNc2ccc(F)c(F)c2)nc2ccsc12. The molecule has 4 nitrogen and oxygen atoms in total. The Morgan fingerprint density at radius 3 is 2.90 bits per heavy atom. The molecule has 0 spiro atoms. The zero-order chi connectivity index (χ0) is 14.1. The summed E-state index contributed by atoms with van der Waals surface area (Å²) in [6.07, 6.45) is 0. The molecule has 3 rings (SSSR count). The van der Waals surface area contributed by atoms with Crippen molar-refractivity contribution < 1.29 is 8.78 Å².